The van der Waals surface area contributed by atoms with Gasteiger partial charge in [-0.3, -0.25) is 0 Å². The predicted octanol–water partition coefficient (Wildman–Crippen LogP) is 1.90. The van der Waals surface area contributed by atoms with E-state index in [1.807, 2.05) is 33.8 Å². The summed E-state index contributed by atoms with van der Waals surface area (Å²) in [5, 5.41) is 1.08. The Kier molecular flexibility index (Phi) is 4.53. The Bertz CT molecular complexity index is 496. The molecule has 1 fully saturated rings. The molecule has 2 heteroatoms. The van der Waals surface area contributed by atoms with Crippen LogP contribution >= 0.6 is 0 Å². The van der Waals surface area contributed by atoms with Crippen molar-refractivity contribution >= 4 is 12.2 Å². The second kappa shape index (κ2) is 5.69. The Labute approximate surface area is 96.3 Å². The summed E-state index contributed by atoms with van der Waals surface area (Å²) < 4.78 is 5.05. The van der Waals surface area contributed by atoms with Crippen LogP contribution in [-0.4, -0.2) is 0 Å². The van der Waals surface area contributed by atoms with Gasteiger partial charge in [0.05, 0.1) is 0 Å². The molecule has 2 aliphatic rings. The maximum atomic E-state index is 10.9. The van der Waals surface area contributed by atoms with Crippen LogP contribution in [0.2, 0.25) is 0 Å². The minimum atomic E-state index is -0.252. The third-order valence-corrected chi connectivity index (χ3v) is 2.54. The van der Waals surface area contributed by atoms with E-state index in [9.17, 15) is 4.79 Å². The largest absolute Gasteiger partial charge is 0.423 e. The van der Waals surface area contributed by atoms with E-state index in [0.29, 0.717) is 11.8 Å². The topological polar surface area (TPSA) is 30.2 Å². The number of hydrogen-bond donors (Lipinski definition) is 0. The zero-order valence-electron chi connectivity index (χ0n) is 10.5. The zero-order valence-corrected chi connectivity index (χ0v) is 10.5. The summed E-state index contributed by atoms with van der Waals surface area (Å²) in [5.41, 5.74) is 0.513. The molecule has 1 saturated carbocycles. The first kappa shape index (κ1) is 12.8. The number of rotatable bonds is 0. The van der Waals surface area contributed by atoms with E-state index in [1.54, 1.807) is 0 Å². The second-order valence-corrected chi connectivity index (χ2v) is 3.47. The van der Waals surface area contributed by atoms with Crippen molar-refractivity contribution in [1.82, 2.24) is 0 Å². The number of fused-ring (bicyclic) bond motifs is 2. The van der Waals surface area contributed by atoms with Crippen LogP contribution in [0, 0.1) is 11.8 Å². The van der Waals surface area contributed by atoms with Crippen molar-refractivity contribution in [3.63, 3.8) is 0 Å². The van der Waals surface area contributed by atoms with E-state index in [0.717, 1.165) is 10.6 Å². The summed E-state index contributed by atoms with van der Waals surface area (Å²) >= 11 is 0. The fourth-order valence-electron chi connectivity index (χ4n) is 1.75. The van der Waals surface area contributed by atoms with Gasteiger partial charge in [-0.25, -0.2) is 4.79 Å². The van der Waals surface area contributed by atoms with Gasteiger partial charge in [0, 0.05) is 11.3 Å². The first-order valence-corrected chi connectivity index (χ1v) is 6.17. The molecule has 1 aromatic heterocycles. The van der Waals surface area contributed by atoms with Gasteiger partial charge in [-0.15, -0.1) is 0 Å². The Hall–Kier alpha value is -1.31. The molecule has 0 amide bonds. The van der Waals surface area contributed by atoms with E-state index < -0.39 is 0 Å². The fraction of sp³-hybridized carbons (Fsp3) is 0.500. The molecule has 0 N–H and O–H groups in total. The Morgan fingerprint density at radius 1 is 1.06 bits per heavy atom. The zero-order chi connectivity index (χ0) is 12.1. The maximum Gasteiger partial charge on any atom is 0.336 e. The standard InChI is InChI=1S/C10H8O2.2C2H6/c11-10-2-1-6-3-7-4-8(7)5-9(6)12-10;2*1-2/h1-3,5,7-8H,4H2;2*1-2H3. The smallest absolute Gasteiger partial charge is 0.336 e. The van der Waals surface area contributed by atoms with Crippen molar-refractivity contribution in [3.05, 3.63) is 33.2 Å². The van der Waals surface area contributed by atoms with Gasteiger partial charge in [0.1, 0.15) is 5.42 Å². The Morgan fingerprint density at radius 3 is 2.38 bits per heavy atom. The van der Waals surface area contributed by atoms with Crippen LogP contribution in [0.15, 0.2) is 21.3 Å². The lowest BCUT2D eigenvalue weighted by Gasteiger charge is -1.95. The van der Waals surface area contributed by atoms with Crippen molar-refractivity contribution in [1.29, 1.82) is 0 Å². The van der Waals surface area contributed by atoms with Crippen LogP contribution in [0.25, 0.3) is 12.2 Å². The minimum absolute atomic E-state index is 0.252. The summed E-state index contributed by atoms with van der Waals surface area (Å²) in [7, 11) is 0. The monoisotopic (exact) mass is 220 g/mol. The van der Waals surface area contributed by atoms with Crippen LogP contribution in [0.1, 0.15) is 34.1 Å². The molecule has 1 heterocycles. The first-order valence-electron chi connectivity index (χ1n) is 6.17. The highest BCUT2D eigenvalue weighted by molar-refractivity contribution is 5.46. The summed E-state index contributed by atoms with van der Waals surface area (Å²) in [6.07, 6.45) is 5.49. The van der Waals surface area contributed by atoms with Crippen LogP contribution in [0.4, 0.5) is 0 Å². The van der Waals surface area contributed by atoms with Crippen LogP contribution < -0.4 is 16.3 Å². The van der Waals surface area contributed by atoms with Gasteiger partial charge in [0.15, 0.2) is 0 Å². The second-order valence-electron chi connectivity index (χ2n) is 3.47. The molecule has 0 aliphatic heterocycles. The summed E-state index contributed by atoms with van der Waals surface area (Å²) in [6, 6.07) is 3.32. The highest BCUT2D eigenvalue weighted by Gasteiger charge is 2.34. The molecule has 2 atom stereocenters. The number of hydrogen-bond acceptors (Lipinski definition) is 2. The van der Waals surface area contributed by atoms with Gasteiger partial charge < -0.3 is 4.42 Å². The molecule has 0 radical (unpaired) electrons. The highest BCUT2D eigenvalue weighted by atomic mass is 16.4. The summed E-state index contributed by atoms with van der Waals surface area (Å²) in [5.74, 6) is 1.35. The van der Waals surface area contributed by atoms with E-state index in [1.165, 1.54) is 12.5 Å². The van der Waals surface area contributed by atoms with Gasteiger partial charge in [0.2, 0.25) is 0 Å². The van der Waals surface area contributed by atoms with E-state index in [-0.39, 0.29) is 5.63 Å². The predicted molar refractivity (Wildman–Crippen MR) is 67.5 cm³/mol. The molecular weight excluding hydrogens is 200 g/mol. The van der Waals surface area contributed by atoms with Gasteiger partial charge in [-0.1, -0.05) is 33.8 Å². The normalized spacial score (nSPS) is 22.8. The molecule has 2 nitrogen and oxygen atoms in total. The summed E-state index contributed by atoms with van der Waals surface area (Å²) in [4.78, 5) is 10.9. The van der Waals surface area contributed by atoms with E-state index in [2.05, 4.69) is 12.2 Å². The molecule has 1 aromatic rings. The van der Waals surface area contributed by atoms with E-state index >= 15 is 0 Å². The van der Waals surface area contributed by atoms with Crippen molar-refractivity contribution in [2.75, 3.05) is 0 Å². The Balaban J connectivity index is 0.000000291. The SMILES string of the molecule is CC.CC.O=c1ccc2c(o1)=CC1CC1C=2. The molecule has 0 saturated heterocycles. The average molecular weight is 220 g/mol. The third-order valence-electron chi connectivity index (χ3n) is 2.54. The van der Waals surface area contributed by atoms with Crippen molar-refractivity contribution < 1.29 is 4.42 Å². The van der Waals surface area contributed by atoms with Crippen molar-refractivity contribution in [2.24, 2.45) is 11.8 Å². The molecule has 2 unspecified atom stereocenters. The maximum absolute atomic E-state index is 10.9. The van der Waals surface area contributed by atoms with Gasteiger partial charge >= 0.3 is 5.63 Å². The molecule has 0 spiro atoms. The molecule has 3 rings (SSSR count). The molecule has 0 bridgehead atoms. The third kappa shape index (κ3) is 2.63. The lowest BCUT2D eigenvalue weighted by atomic mass is 10.2. The van der Waals surface area contributed by atoms with Crippen molar-refractivity contribution in [3.8, 4) is 0 Å². The molecule has 88 valence electrons. The lowest BCUT2D eigenvalue weighted by molar-refractivity contribution is 0.470. The van der Waals surface area contributed by atoms with Gasteiger partial charge in [-0.2, -0.15) is 0 Å². The summed E-state index contributed by atoms with van der Waals surface area (Å²) in [6.45, 7) is 8.00. The molecule has 0 aromatic carbocycles. The Morgan fingerprint density at radius 2 is 1.69 bits per heavy atom. The lowest BCUT2D eigenvalue weighted by Crippen LogP contribution is -2.30. The average Bonchev–Trinajstić information content (AvgIpc) is 3.09. The quantitative estimate of drug-likeness (QED) is 0.668. The van der Waals surface area contributed by atoms with E-state index in [4.69, 9.17) is 4.42 Å². The minimum Gasteiger partial charge on any atom is -0.423 e. The first-order chi connectivity index (χ1) is 7.83. The fourth-order valence-corrected chi connectivity index (χ4v) is 1.75. The molecule has 2 aliphatic carbocycles. The van der Waals surface area contributed by atoms with Gasteiger partial charge in [0.25, 0.3) is 0 Å². The highest BCUT2D eigenvalue weighted by Crippen LogP contribution is 2.41. The van der Waals surface area contributed by atoms with Gasteiger partial charge in [-0.05, 0) is 30.4 Å². The van der Waals surface area contributed by atoms with Crippen LogP contribution in [0.5, 0.6) is 0 Å². The molecular formula is C14H20O2. The van der Waals surface area contributed by atoms with Crippen LogP contribution in [-0.2, 0) is 0 Å². The van der Waals surface area contributed by atoms with Crippen molar-refractivity contribution in [2.45, 2.75) is 34.1 Å². The van der Waals surface area contributed by atoms with Crippen LogP contribution in [0.3, 0.4) is 0 Å². The molecule has 16 heavy (non-hydrogen) atoms.